The van der Waals surface area contributed by atoms with Crippen molar-refractivity contribution in [2.45, 2.75) is 51.6 Å². The average molecular weight is 156 g/mol. The molecule has 0 aromatic carbocycles. The molecule has 0 amide bonds. The number of esters is 1. The van der Waals surface area contributed by atoms with Gasteiger partial charge in [0.1, 0.15) is 5.60 Å². The Kier molecular flexibility index (Phi) is 2.53. The van der Waals surface area contributed by atoms with Gasteiger partial charge in [0.25, 0.3) is 0 Å². The summed E-state index contributed by atoms with van der Waals surface area (Å²) in [6.07, 6.45) is 4.57. The molecule has 1 fully saturated rings. The van der Waals surface area contributed by atoms with Gasteiger partial charge in [0.15, 0.2) is 0 Å². The van der Waals surface area contributed by atoms with Gasteiger partial charge in [0, 0.05) is 6.42 Å². The maximum absolute atomic E-state index is 11.0. The third kappa shape index (κ3) is 1.73. The maximum Gasteiger partial charge on any atom is 0.306 e. The molecule has 1 rings (SSSR count). The second-order valence-electron chi connectivity index (χ2n) is 3.22. The Labute approximate surface area is 67.9 Å². The lowest BCUT2D eigenvalue weighted by molar-refractivity contribution is -0.168. The fourth-order valence-electron chi connectivity index (χ4n) is 1.65. The molecule has 1 heterocycles. The summed E-state index contributed by atoms with van der Waals surface area (Å²) in [4.78, 5) is 11.0. The highest BCUT2D eigenvalue weighted by atomic mass is 16.6. The number of cyclic esters (lactones) is 1. The van der Waals surface area contributed by atoms with Gasteiger partial charge < -0.3 is 4.74 Å². The van der Waals surface area contributed by atoms with Crippen molar-refractivity contribution < 1.29 is 9.53 Å². The molecule has 1 saturated heterocycles. The first kappa shape index (κ1) is 8.57. The predicted molar refractivity (Wildman–Crippen MR) is 43.3 cm³/mol. The normalized spacial score (nSPS) is 22.9. The van der Waals surface area contributed by atoms with Crippen molar-refractivity contribution in [3.05, 3.63) is 0 Å². The molecule has 0 unspecified atom stereocenters. The molecule has 0 N–H and O–H groups in total. The van der Waals surface area contributed by atoms with Crippen molar-refractivity contribution >= 4 is 5.97 Å². The molecule has 0 aromatic heterocycles. The first-order valence-corrected chi connectivity index (χ1v) is 4.44. The Morgan fingerprint density at radius 2 is 2.09 bits per heavy atom. The van der Waals surface area contributed by atoms with Crippen LogP contribution in [0.1, 0.15) is 46.0 Å². The van der Waals surface area contributed by atoms with Gasteiger partial charge in [0.2, 0.25) is 0 Å². The van der Waals surface area contributed by atoms with Crippen molar-refractivity contribution in [3.63, 3.8) is 0 Å². The molecule has 0 saturated carbocycles. The van der Waals surface area contributed by atoms with Gasteiger partial charge in [-0.2, -0.15) is 0 Å². The van der Waals surface area contributed by atoms with Crippen LogP contribution >= 0.6 is 0 Å². The van der Waals surface area contributed by atoms with Gasteiger partial charge >= 0.3 is 5.97 Å². The summed E-state index contributed by atoms with van der Waals surface area (Å²) in [7, 11) is 0. The van der Waals surface area contributed by atoms with E-state index in [1.165, 1.54) is 0 Å². The molecule has 2 heteroatoms. The highest BCUT2D eigenvalue weighted by molar-refractivity contribution is 5.70. The molecule has 1 aliphatic rings. The van der Waals surface area contributed by atoms with E-state index in [2.05, 4.69) is 13.8 Å². The van der Waals surface area contributed by atoms with Gasteiger partial charge in [0.05, 0.1) is 0 Å². The standard InChI is InChI=1S/C9H16O2/c1-3-9(4-2)7-5-6-8(10)11-9/h3-7H2,1-2H3. The summed E-state index contributed by atoms with van der Waals surface area (Å²) >= 11 is 0. The summed E-state index contributed by atoms with van der Waals surface area (Å²) in [6, 6.07) is 0. The number of carbonyl (C=O) groups excluding carboxylic acids is 1. The highest BCUT2D eigenvalue weighted by Gasteiger charge is 2.33. The fourth-order valence-corrected chi connectivity index (χ4v) is 1.65. The van der Waals surface area contributed by atoms with Crippen LogP contribution in [0.25, 0.3) is 0 Å². The van der Waals surface area contributed by atoms with E-state index in [-0.39, 0.29) is 11.6 Å². The van der Waals surface area contributed by atoms with Gasteiger partial charge in [-0.05, 0) is 25.7 Å². The van der Waals surface area contributed by atoms with Crippen LogP contribution in [-0.2, 0) is 9.53 Å². The monoisotopic (exact) mass is 156 g/mol. The molecule has 0 atom stereocenters. The van der Waals surface area contributed by atoms with E-state index in [9.17, 15) is 4.79 Å². The van der Waals surface area contributed by atoms with Crippen LogP contribution in [0, 0.1) is 0 Å². The molecule has 11 heavy (non-hydrogen) atoms. The van der Waals surface area contributed by atoms with E-state index in [0.29, 0.717) is 6.42 Å². The second kappa shape index (κ2) is 3.24. The van der Waals surface area contributed by atoms with Crippen molar-refractivity contribution in [2.24, 2.45) is 0 Å². The van der Waals surface area contributed by atoms with Crippen LogP contribution in [0.15, 0.2) is 0 Å². The summed E-state index contributed by atoms with van der Waals surface area (Å²) in [6.45, 7) is 4.17. The molecule has 0 bridgehead atoms. The van der Waals surface area contributed by atoms with Crippen molar-refractivity contribution in [3.8, 4) is 0 Å². The number of hydrogen-bond donors (Lipinski definition) is 0. The minimum absolute atomic E-state index is 0.0139. The van der Waals surface area contributed by atoms with Gasteiger partial charge in [-0.15, -0.1) is 0 Å². The van der Waals surface area contributed by atoms with E-state index in [0.717, 1.165) is 25.7 Å². The first-order chi connectivity index (χ1) is 5.22. The van der Waals surface area contributed by atoms with E-state index in [1.807, 2.05) is 0 Å². The fraction of sp³-hybridized carbons (Fsp3) is 0.889. The Bertz CT molecular complexity index is 148. The van der Waals surface area contributed by atoms with E-state index >= 15 is 0 Å². The minimum atomic E-state index is -0.116. The second-order valence-corrected chi connectivity index (χ2v) is 3.22. The molecule has 0 aromatic rings. The van der Waals surface area contributed by atoms with E-state index in [1.54, 1.807) is 0 Å². The van der Waals surface area contributed by atoms with E-state index < -0.39 is 0 Å². The quantitative estimate of drug-likeness (QED) is 0.573. The lowest BCUT2D eigenvalue weighted by Gasteiger charge is -2.34. The zero-order chi connectivity index (χ0) is 8.32. The van der Waals surface area contributed by atoms with Gasteiger partial charge in [-0.1, -0.05) is 13.8 Å². The van der Waals surface area contributed by atoms with Crippen molar-refractivity contribution in [1.82, 2.24) is 0 Å². The largest absolute Gasteiger partial charge is 0.459 e. The topological polar surface area (TPSA) is 26.3 Å². The Balaban J connectivity index is 2.59. The lowest BCUT2D eigenvalue weighted by Crippen LogP contribution is -2.37. The molecule has 2 nitrogen and oxygen atoms in total. The van der Waals surface area contributed by atoms with Crippen LogP contribution in [0.2, 0.25) is 0 Å². The summed E-state index contributed by atoms with van der Waals surface area (Å²) in [5.74, 6) is -0.0139. The Hall–Kier alpha value is -0.530. The molecule has 0 aliphatic carbocycles. The first-order valence-electron chi connectivity index (χ1n) is 4.44. The maximum atomic E-state index is 11.0. The number of rotatable bonds is 2. The molecule has 0 radical (unpaired) electrons. The van der Waals surface area contributed by atoms with Gasteiger partial charge in [-0.3, -0.25) is 4.79 Å². The summed E-state index contributed by atoms with van der Waals surface area (Å²) in [5.41, 5.74) is -0.116. The molecule has 0 spiro atoms. The third-order valence-electron chi connectivity index (χ3n) is 2.63. The van der Waals surface area contributed by atoms with Crippen LogP contribution in [-0.4, -0.2) is 11.6 Å². The lowest BCUT2D eigenvalue weighted by atomic mass is 9.89. The van der Waals surface area contributed by atoms with Crippen molar-refractivity contribution in [2.75, 3.05) is 0 Å². The van der Waals surface area contributed by atoms with Crippen LogP contribution in [0.3, 0.4) is 0 Å². The van der Waals surface area contributed by atoms with Crippen LogP contribution < -0.4 is 0 Å². The molecule has 64 valence electrons. The zero-order valence-corrected chi connectivity index (χ0v) is 7.35. The molecular weight excluding hydrogens is 140 g/mol. The smallest absolute Gasteiger partial charge is 0.306 e. The number of ether oxygens (including phenoxy) is 1. The zero-order valence-electron chi connectivity index (χ0n) is 7.35. The van der Waals surface area contributed by atoms with Crippen LogP contribution in [0.4, 0.5) is 0 Å². The van der Waals surface area contributed by atoms with Crippen LogP contribution in [0.5, 0.6) is 0 Å². The summed E-state index contributed by atoms with van der Waals surface area (Å²) < 4.78 is 5.33. The predicted octanol–water partition coefficient (Wildman–Crippen LogP) is 2.27. The third-order valence-corrected chi connectivity index (χ3v) is 2.63. The average Bonchev–Trinajstić information content (AvgIpc) is 2.04. The Morgan fingerprint density at radius 3 is 2.45 bits per heavy atom. The molecule has 1 aliphatic heterocycles. The number of carbonyl (C=O) groups is 1. The van der Waals surface area contributed by atoms with E-state index in [4.69, 9.17) is 4.74 Å². The van der Waals surface area contributed by atoms with Gasteiger partial charge in [-0.25, -0.2) is 0 Å². The van der Waals surface area contributed by atoms with Crippen molar-refractivity contribution in [1.29, 1.82) is 0 Å². The molecular formula is C9H16O2. The number of hydrogen-bond acceptors (Lipinski definition) is 2. The minimum Gasteiger partial charge on any atom is -0.459 e. The SMILES string of the molecule is CCC1(CC)CCCC(=O)O1. The summed E-state index contributed by atoms with van der Waals surface area (Å²) in [5, 5.41) is 0. The Morgan fingerprint density at radius 1 is 1.45 bits per heavy atom. The highest BCUT2D eigenvalue weighted by Crippen LogP contribution is 2.31.